The van der Waals surface area contributed by atoms with Gasteiger partial charge in [0.25, 0.3) is 5.91 Å². The number of amides is 1. The molecule has 138 valence electrons. The molecule has 0 aliphatic carbocycles. The van der Waals surface area contributed by atoms with E-state index in [-0.39, 0.29) is 19.1 Å². The third-order valence-electron chi connectivity index (χ3n) is 3.10. The first kappa shape index (κ1) is 22.7. The van der Waals surface area contributed by atoms with Crippen LogP contribution in [0.4, 0.5) is 11.4 Å². The van der Waals surface area contributed by atoms with Crippen molar-refractivity contribution in [3.8, 4) is 0 Å². The lowest BCUT2D eigenvalue weighted by molar-refractivity contribution is -0.125. The van der Waals surface area contributed by atoms with Crippen LogP contribution >= 0.6 is 12.8 Å². The van der Waals surface area contributed by atoms with E-state index in [2.05, 4.69) is 12.8 Å². The molecule has 3 N–H and O–H groups in total. The van der Waals surface area contributed by atoms with Crippen LogP contribution in [0.3, 0.4) is 0 Å². The van der Waals surface area contributed by atoms with Gasteiger partial charge in [0.2, 0.25) is 0 Å². The molecule has 1 aromatic carbocycles. The second kappa shape index (κ2) is 13.1. The number of hydrogen-bond acceptors (Lipinski definition) is 6. The molecule has 2 rings (SSSR count). The molecule has 1 aliphatic heterocycles. The van der Waals surface area contributed by atoms with Crippen molar-refractivity contribution in [2.24, 2.45) is 5.73 Å². The summed E-state index contributed by atoms with van der Waals surface area (Å²) in [6, 6.07) is 7.43. The van der Waals surface area contributed by atoms with Gasteiger partial charge in [-0.1, -0.05) is 40.5 Å². The fraction of sp³-hybridized carbons (Fsp3) is 0.588. The highest BCUT2D eigenvalue weighted by molar-refractivity contribution is 7.81. The van der Waals surface area contributed by atoms with Crippen molar-refractivity contribution in [2.75, 3.05) is 42.1 Å². The first-order chi connectivity index (χ1) is 11.6. The summed E-state index contributed by atoms with van der Waals surface area (Å²) in [5, 5.41) is 9.50. The minimum Gasteiger partial charge on any atom is -0.390 e. The maximum atomic E-state index is 11.7. The summed E-state index contributed by atoms with van der Waals surface area (Å²) in [5.41, 5.74) is 7.04. The second-order valence-electron chi connectivity index (χ2n) is 4.59. The van der Waals surface area contributed by atoms with Crippen LogP contribution in [0, 0.1) is 0 Å². The molecule has 1 aromatic rings. The van der Waals surface area contributed by atoms with Crippen molar-refractivity contribution in [3.63, 3.8) is 0 Å². The molecule has 0 saturated carbocycles. The molecule has 24 heavy (non-hydrogen) atoms. The summed E-state index contributed by atoms with van der Waals surface area (Å²) in [6.07, 6.45) is -0.618. The third-order valence-corrected chi connectivity index (χ3v) is 3.50. The van der Waals surface area contributed by atoms with Gasteiger partial charge in [0.05, 0.1) is 19.3 Å². The van der Waals surface area contributed by atoms with Gasteiger partial charge in [0, 0.05) is 24.5 Å². The van der Waals surface area contributed by atoms with Crippen molar-refractivity contribution in [1.29, 1.82) is 0 Å². The topological polar surface area (TPSA) is 79.0 Å². The number of hydrogen-bond donors (Lipinski definition) is 3. The van der Waals surface area contributed by atoms with Gasteiger partial charge < -0.3 is 24.8 Å². The lowest BCUT2D eigenvalue weighted by atomic mass is 10.2. The van der Waals surface area contributed by atoms with E-state index < -0.39 is 6.10 Å². The number of rotatable bonds is 5. The molecule has 1 amide bonds. The highest BCUT2D eigenvalue weighted by atomic mass is 32.1. The highest BCUT2D eigenvalue weighted by Crippen LogP contribution is 2.23. The van der Waals surface area contributed by atoms with E-state index in [1.54, 1.807) is 9.21 Å². The van der Waals surface area contributed by atoms with Gasteiger partial charge in [-0.05, 0) is 24.3 Å². The Morgan fingerprint density at radius 2 is 1.88 bits per heavy atom. The number of anilines is 2. The van der Waals surface area contributed by atoms with Gasteiger partial charge in [0.1, 0.15) is 6.61 Å². The number of nitrogens with zero attached hydrogens (tertiary/aromatic N) is 2. The van der Waals surface area contributed by atoms with E-state index >= 15 is 0 Å². The molecule has 6 nitrogen and oxygen atoms in total. The van der Waals surface area contributed by atoms with Crippen molar-refractivity contribution < 1.29 is 14.6 Å². The van der Waals surface area contributed by atoms with Crippen molar-refractivity contribution >= 4 is 30.1 Å². The van der Waals surface area contributed by atoms with Crippen LogP contribution in [0.2, 0.25) is 0 Å². The summed E-state index contributed by atoms with van der Waals surface area (Å²) in [4.78, 5) is 13.4. The van der Waals surface area contributed by atoms with Gasteiger partial charge in [0.15, 0.2) is 0 Å². The number of nitrogens with two attached hydrogens (primary N) is 1. The number of morpholine rings is 1. The SMILES string of the molecule is CC.CC.NCC(O)CN(S)c1ccc(N2CCOCC2=O)cc1. The molecule has 7 heteroatoms. The Morgan fingerprint density at radius 1 is 1.29 bits per heavy atom. The predicted molar refractivity (Wildman–Crippen MR) is 104 cm³/mol. The standard InChI is InChI=1S/C13H19N3O3S.2C2H6/c14-7-12(17)8-16(20)11-3-1-10(2-4-11)15-5-6-19-9-13(15)18;2*1-2/h1-4,12,17,20H,5-9,14H2;2*1-2H3. The lowest BCUT2D eigenvalue weighted by Crippen LogP contribution is -2.41. The van der Waals surface area contributed by atoms with Gasteiger partial charge in [-0.15, -0.1) is 0 Å². The third kappa shape index (κ3) is 7.09. The fourth-order valence-corrected chi connectivity index (χ4v) is 2.30. The molecule has 0 radical (unpaired) electrons. The van der Waals surface area contributed by atoms with E-state index in [9.17, 15) is 9.90 Å². The number of aliphatic hydroxyl groups excluding tert-OH is 1. The maximum Gasteiger partial charge on any atom is 0.253 e. The zero-order valence-corrected chi connectivity index (χ0v) is 16.0. The van der Waals surface area contributed by atoms with E-state index in [0.29, 0.717) is 19.7 Å². The van der Waals surface area contributed by atoms with E-state index in [1.807, 2.05) is 52.0 Å². The Bertz CT molecular complexity index is 457. The molecular formula is C17H31N3O3S. The Labute approximate surface area is 151 Å². The number of ether oxygens (including phenoxy) is 1. The zero-order valence-electron chi connectivity index (χ0n) is 15.1. The van der Waals surface area contributed by atoms with Crippen LogP contribution in [0.1, 0.15) is 27.7 Å². The van der Waals surface area contributed by atoms with Gasteiger partial charge in [-0.3, -0.25) is 4.79 Å². The van der Waals surface area contributed by atoms with E-state index in [1.165, 1.54) is 0 Å². The molecule has 1 heterocycles. The van der Waals surface area contributed by atoms with Crippen LogP contribution < -0.4 is 14.9 Å². The Kier molecular flexibility index (Phi) is 12.4. The Hall–Kier alpha value is -1.28. The Morgan fingerprint density at radius 3 is 2.38 bits per heavy atom. The molecule has 0 bridgehead atoms. The van der Waals surface area contributed by atoms with E-state index in [4.69, 9.17) is 10.5 Å². The largest absolute Gasteiger partial charge is 0.390 e. The number of thiol groups is 1. The van der Waals surface area contributed by atoms with Crippen molar-refractivity contribution in [1.82, 2.24) is 0 Å². The summed E-state index contributed by atoms with van der Waals surface area (Å²) in [7, 11) is 0. The minimum absolute atomic E-state index is 0.0368. The van der Waals surface area contributed by atoms with Crippen molar-refractivity contribution in [2.45, 2.75) is 33.8 Å². The average molecular weight is 358 g/mol. The number of aliphatic hydroxyl groups is 1. The normalized spacial score (nSPS) is 14.8. The summed E-state index contributed by atoms with van der Waals surface area (Å²) >= 11 is 4.31. The number of carbonyl (C=O) groups is 1. The summed E-state index contributed by atoms with van der Waals surface area (Å²) in [6.45, 7) is 9.78. The van der Waals surface area contributed by atoms with Gasteiger partial charge >= 0.3 is 0 Å². The first-order valence-electron chi connectivity index (χ1n) is 8.44. The Balaban J connectivity index is 0.00000123. The first-order valence-corrected chi connectivity index (χ1v) is 8.84. The van der Waals surface area contributed by atoms with Crippen molar-refractivity contribution in [3.05, 3.63) is 24.3 Å². The van der Waals surface area contributed by atoms with Gasteiger partial charge in [-0.25, -0.2) is 0 Å². The fourth-order valence-electron chi connectivity index (χ4n) is 1.98. The molecular weight excluding hydrogens is 326 g/mol. The molecule has 1 saturated heterocycles. The number of carbonyl (C=O) groups excluding carboxylic acids is 1. The number of benzene rings is 1. The summed E-state index contributed by atoms with van der Waals surface area (Å²) in [5.74, 6) is -0.0368. The minimum atomic E-state index is -0.618. The van der Waals surface area contributed by atoms with Gasteiger partial charge in [-0.2, -0.15) is 0 Å². The smallest absolute Gasteiger partial charge is 0.253 e. The summed E-state index contributed by atoms with van der Waals surface area (Å²) < 4.78 is 6.73. The van der Waals surface area contributed by atoms with Crippen LogP contribution in [-0.4, -0.2) is 50.0 Å². The van der Waals surface area contributed by atoms with E-state index in [0.717, 1.165) is 11.4 Å². The molecule has 1 fully saturated rings. The zero-order chi connectivity index (χ0) is 18.5. The molecule has 1 aliphatic rings. The molecule has 1 unspecified atom stereocenters. The van der Waals surface area contributed by atoms with Crippen LogP contribution in [-0.2, 0) is 9.53 Å². The lowest BCUT2D eigenvalue weighted by Gasteiger charge is -2.27. The molecule has 1 atom stereocenters. The average Bonchev–Trinajstić information content (AvgIpc) is 2.65. The monoisotopic (exact) mass is 357 g/mol. The van der Waals surface area contributed by atoms with Crippen LogP contribution in [0.25, 0.3) is 0 Å². The molecule has 0 spiro atoms. The van der Waals surface area contributed by atoms with Crippen LogP contribution in [0.15, 0.2) is 24.3 Å². The van der Waals surface area contributed by atoms with Crippen LogP contribution in [0.5, 0.6) is 0 Å². The predicted octanol–water partition coefficient (Wildman–Crippen LogP) is 2.07. The molecule has 0 aromatic heterocycles. The second-order valence-corrected chi connectivity index (χ2v) is 5.07. The quantitative estimate of drug-likeness (QED) is 0.703. The maximum absolute atomic E-state index is 11.7. The highest BCUT2D eigenvalue weighted by Gasteiger charge is 2.20.